The molecule has 3 rings (SSSR count). The molecule has 1 aromatic carbocycles. The summed E-state index contributed by atoms with van der Waals surface area (Å²) in [7, 11) is 0. The maximum atomic E-state index is 11.2. The van der Waals surface area contributed by atoms with Gasteiger partial charge in [0.25, 0.3) is 0 Å². The molecule has 1 aromatic rings. The van der Waals surface area contributed by atoms with E-state index in [1.807, 2.05) is 30.5 Å². The van der Waals surface area contributed by atoms with Gasteiger partial charge in [0.2, 0.25) is 0 Å². The summed E-state index contributed by atoms with van der Waals surface area (Å²) in [5.41, 5.74) is 3.19. The molecule has 0 atom stereocenters. The van der Waals surface area contributed by atoms with Crippen molar-refractivity contribution in [3.8, 4) is 0 Å². The highest BCUT2D eigenvalue weighted by atomic mass is 16.4. The average molecular weight is 225 g/mol. The van der Waals surface area contributed by atoms with Crippen LogP contribution in [-0.4, -0.2) is 22.5 Å². The number of hydrogen-bond donors (Lipinski definition) is 1. The van der Waals surface area contributed by atoms with Crippen molar-refractivity contribution in [2.24, 2.45) is 0 Å². The molecule has 0 aromatic heterocycles. The summed E-state index contributed by atoms with van der Waals surface area (Å²) in [6.45, 7) is 0.832. The molecule has 2 aliphatic rings. The van der Waals surface area contributed by atoms with Crippen molar-refractivity contribution in [3.05, 3.63) is 59.3 Å². The highest BCUT2D eigenvalue weighted by Gasteiger charge is 2.21. The third-order valence-electron chi connectivity index (χ3n) is 3.04. The summed E-state index contributed by atoms with van der Waals surface area (Å²) in [5, 5.41) is 9.16. The fourth-order valence-electron chi connectivity index (χ4n) is 2.23. The van der Waals surface area contributed by atoms with Gasteiger partial charge < -0.3 is 10.0 Å². The Morgan fingerprint density at radius 2 is 2.24 bits per heavy atom. The van der Waals surface area contributed by atoms with E-state index >= 15 is 0 Å². The lowest BCUT2D eigenvalue weighted by Gasteiger charge is -2.29. The smallest absolute Gasteiger partial charge is 0.336 e. The molecule has 0 fully saturated rings. The van der Waals surface area contributed by atoms with Crippen molar-refractivity contribution in [1.82, 2.24) is 4.90 Å². The largest absolute Gasteiger partial charge is 0.478 e. The Kier molecular flexibility index (Phi) is 2.11. The zero-order valence-corrected chi connectivity index (χ0v) is 9.13. The van der Waals surface area contributed by atoms with Gasteiger partial charge in [0, 0.05) is 24.0 Å². The number of aromatic carboxylic acids is 1. The first-order valence-electron chi connectivity index (χ1n) is 5.46. The number of carbonyl (C=O) groups is 1. The van der Waals surface area contributed by atoms with Crippen LogP contribution in [-0.2, 0) is 0 Å². The second-order valence-electron chi connectivity index (χ2n) is 4.02. The van der Waals surface area contributed by atoms with Gasteiger partial charge in [-0.15, -0.1) is 0 Å². The lowest BCUT2D eigenvalue weighted by molar-refractivity contribution is 0.0696. The molecular weight excluding hydrogens is 214 g/mol. The molecule has 0 aliphatic carbocycles. The molecule has 2 heterocycles. The zero-order valence-electron chi connectivity index (χ0n) is 9.13. The minimum absolute atomic E-state index is 0.355. The molecular formula is C14H11NO2. The summed E-state index contributed by atoms with van der Waals surface area (Å²) in [5.74, 6) is -0.882. The molecule has 17 heavy (non-hydrogen) atoms. The third kappa shape index (κ3) is 1.47. The van der Waals surface area contributed by atoms with E-state index in [9.17, 15) is 4.79 Å². The quantitative estimate of drug-likeness (QED) is 0.798. The highest BCUT2D eigenvalue weighted by Crippen LogP contribution is 2.32. The molecule has 0 amide bonds. The Bertz CT molecular complexity index is 582. The Hall–Kier alpha value is -2.29. The minimum atomic E-state index is -0.882. The Labute approximate surface area is 99.0 Å². The molecule has 0 unspecified atom stereocenters. The van der Waals surface area contributed by atoms with E-state index in [0.29, 0.717) is 5.56 Å². The monoisotopic (exact) mass is 225 g/mol. The normalized spacial score (nSPS) is 16.2. The van der Waals surface area contributed by atoms with Gasteiger partial charge in [-0.2, -0.15) is 0 Å². The summed E-state index contributed by atoms with van der Waals surface area (Å²) < 4.78 is 0. The van der Waals surface area contributed by atoms with Crippen molar-refractivity contribution in [1.29, 1.82) is 0 Å². The van der Waals surface area contributed by atoms with E-state index in [1.165, 1.54) is 0 Å². The van der Waals surface area contributed by atoms with Crippen LogP contribution in [0.4, 0.5) is 0 Å². The second kappa shape index (κ2) is 3.63. The van der Waals surface area contributed by atoms with Gasteiger partial charge in [0.1, 0.15) is 0 Å². The van der Waals surface area contributed by atoms with Gasteiger partial charge in [0.05, 0.1) is 5.56 Å². The number of hydrogen-bond acceptors (Lipinski definition) is 2. The standard InChI is InChI=1S/C14H11NO2/c16-14(17)12-5-3-4-11-10(12)7-9-15-8-2-1-6-13(11)15/h1-7,9H,8H2,(H,16,17). The maximum Gasteiger partial charge on any atom is 0.336 e. The number of benzene rings is 1. The van der Waals surface area contributed by atoms with Gasteiger partial charge in [-0.3, -0.25) is 0 Å². The summed E-state index contributed by atoms with van der Waals surface area (Å²) in [6, 6.07) is 5.39. The van der Waals surface area contributed by atoms with E-state index in [1.54, 1.807) is 12.1 Å². The SMILES string of the molecule is O=C(O)c1cccc2c1C=CN1CC=CC=C21. The lowest BCUT2D eigenvalue weighted by Crippen LogP contribution is -2.21. The first kappa shape index (κ1) is 9.90. The van der Waals surface area contributed by atoms with Crippen LogP contribution in [0.15, 0.2) is 42.6 Å². The Morgan fingerprint density at radius 1 is 1.35 bits per heavy atom. The van der Waals surface area contributed by atoms with Gasteiger partial charge in [-0.25, -0.2) is 4.79 Å². The molecule has 0 spiro atoms. The average Bonchev–Trinajstić information content (AvgIpc) is 2.37. The van der Waals surface area contributed by atoms with Crippen LogP contribution in [0.1, 0.15) is 21.5 Å². The lowest BCUT2D eigenvalue weighted by atomic mass is 9.94. The van der Waals surface area contributed by atoms with Crippen LogP contribution in [0.5, 0.6) is 0 Å². The van der Waals surface area contributed by atoms with E-state index in [4.69, 9.17) is 5.11 Å². The maximum absolute atomic E-state index is 11.2. The molecule has 0 saturated heterocycles. The molecule has 3 nitrogen and oxygen atoms in total. The number of rotatable bonds is 1. The van der Waals surface area contributed by atoms with Crippen LogP contribution >= 0.6 is 0 Å². The minimum Gasteiger partial charge on any atom is -0.478 e. The molecule has 0 bridgehead atoms. The van der Waals surface area contributed by atoms with Crippen molar-refractivity contribution < 1.29 is 9.90 Å². The Balaban J connectivity index is 2.23. The van der Waals surface area contributed by atoms with Gasteiger partial charge >= 0.3 is 5.97 Å². The predicted molar refractivity (Wildman–Crippen MR) is 66.3 cm³/mol. The van der Waals surface area contributed by atoms with E-state index < -0.39 is 5.97 Å². The summed E-state index contributed by atoms with van der Waals surface area (Å²) >= 11 is 0. The first-order chi connectivity index (χ1) is 8.27. The summed E-state index contributed by atoms with van der Waals surface area (Å²) in [4.78, 5) is 13.3. The van der Waals surface area contributed by atoms with Crippen LogP contribution < -0.4 is 0 Å². The molecule has 84 valence electrons. The van der Waals surface area contributed by atoms with Gasteiger partial charge in [0.15, 0.2) is 0 Å². The topological polar surface area (TPSA) is 40.5 Å². The van der Waals surface area contributed by atoms with E-state index in [2.05, 4.69) is 11.0 Å². The number of fused-ring (bicyclic) bond motifs is 3. The first-order valence-corrected chi connectivity index (χ1v) is 5.46. The zero-order chi connectivity index (χ0) is 11.8. The number of carboxylic acids is 1. The summed E-state index contributed by atoms with van der Waals surface area (Å²) in [6.07, 6.45) is 9.89. The van der Waals surface area contributed by atoms with Crippen LogP contribution in [0.25, 0.3) is 11.8 Å². The molecule has 3 heteroatoms. The van der Waals surface area contributed by atoms with Crippen molar-refractivity contribution in [2.45, 2.75) is 0 Å². The van der Waals surface area contributed by atoms with Gasteiger partial charge in [-0.1, -0.05) is 24.3 Å². The van der Waals surface area contributed by atoms with Gasteiger partial charge in [-0.05, 0) is 23.8 Å². The second-order valence-corrected chi connectivity index (χ2v) is 4.02. The molecule has 0 saturated carbocycles. The predicted octanol–water partition coefficient (Wildman–Crippen LogP) is 2.58. The van der Waals surface area contributed by atoms with Crippen LogP contribution in [0.2, 0.25) is 0 Å². The molecule has 1 N–H and O–H groups in total. The van der Waals surface area contributed by atoms with Crippen LogP contribution in [0.3, 0.4) is 0 Å². The third-order valence-corrected chi connectivity index (χ3v) is 3.04. The van der Waals surface area contributed by atoms with E-state index in [-0.39, 0.29) is 0 Å². The number of nitrogens with zero attached hydrogens (tertiary/aromatic N) is 1. The highest BCUT2D eigenvalue weighted by molar-refractivity contribution is 5.96. The van der Waals surface area contributed by atoms with Crippen molar-refractivity contribution in [2.75, 3.05) is 6.54 Å². The van der Waals surface area contributed by atoms with Crippen molar-refractivity contribution >= 4 is 17.7 Å². The Morgan fingerprint density at radius 3 is 3.06 bits per heavy atom. The molecule has 2 aliphatic heterocycles. The molecule has 0 radical (unpaired) electrons. The fourth-order valence-corrected chi connectivity index (χ4v) is 2.23. The van der Waals surface area contributed by atoms with Crippen LogP contribution in [0, 0.1) is 0 Å². The van der Waals surface area contributed by atoms with E-state index in [0.717, 1.165) is 23.4 Å². The number of allylic oxidation sites excluding steroid dienone is 2. The number of carboxylic acid groups (broad SMARTS) is 1. The fraction of sp³-hybridized carbons (Fsp3) is 0.0714. The van der Waals surface area contributed by atoms with Crippen molar-refractivity contribution in [3.63, 3.8) is 0 Å².